The third kappa shape index (κ3) is 5.01. The molecule has 4 nitrogen and oxygen atoms in total. The second-order valence-electron chi connectivity index (χ2n) is 6.33. The Labute approximate surface area is 117 Å². The van der Waals surface area contributed by atoms with Gasteiger partial charge in [0, 0.05) is 12.0 Å². The number of oxime groups is 1. The van der Waals surface area contributed by atoms with Crippen LogP contribution in [0.15, 0.2) is 5.16 Å². The summed E-state index contributed by atoms with van der Waals surface area (Å²) >= 11 is 0. The average molecular weight is 270 g/mol. The van der Waals surface area contributed by atoms with Crippen LogP contribution in [0.1, 0.15) is 65.7 Å². The molecular formula is C15H30N2O2. The van der Waals surface area contributed by atoms with E-state index in [4.69, 9.17) is 15.7 Å². The van der Waals surface area contributed by atoms with Crippen molar-refractivity contribution < 1.29 is 9.94 Å². The first kappa shape index (κ1) is 16.3. The van der Waals surface area contributed by atoms with Gasteiger partial charge in [-0.1, -0.05) is 45.2 Å². The molecule has 1 saturated carbocycles. The van der Waals surface area contributed by atoms with Gasteiger partial charge in [-0.15, -0.1) is 0 Å². The van der Waals surface area contributed by atoms with Crippen LogP contribution in [0.3, 0.4) is 0 Å². The minimum absolute atomic E-state index is 0.255. The topological polar surface area (TPSA) is 67.8 Å². The molecule has 1 aliphatic carbocycles. The van der Waals surface area contributed by atoms with Gasteiger partial charge in [-0.2, -0.15) is 0 Å². The van der Waals surface area contributed by atoms with Crippen LogP contribution in [0.5, 0.6) is 0 Å². The SMILES string of the molecule is CCC1CCCCC1OCCCC(C)(C)C(N)=NO. The smallest absolute Gasteiger partial charge is 0.144 e. The number of hydrogen-bond acceptors (Lipinski definition) is 3. The van der Waals surface area contributed by atoms with Crippen molar-refractivity contribution >= 4 is 5.84 Å². The maximum Gasteiger partial charge on any atom is 0.144 e. The van der Waals surface area contributed by atoms with Gasteiger partial charge in [-0.25, -0.2) is 0 Å². The van der Waals surface area contributed by atoms with Gasteiger partial charge in [0.05, 0.1) is 6.10 Å². The predicted octanol–water partition coefficient (Wildman–Crippen LogP) is 3.52. The highest BCUT2D eigenvalue weighted by Gasteiger charge is 2.25. The largest absolute Gasteiger partial charge is 0.409 e. The maximum absolute atomic E-state index is 8.73. The summed E-state index contributed by atoms with van der Waals surface area (Å²) in [5.41, 5.74) is 5.42. The van der Waals surface area contributed by atoms with E-state index in [0.717, 1.165) is 25.4 Å². The van der Waals surface area contributed by atoms with Crippen molar-refractivity contribution in [3.05, 3.63) is 0 Å². The summed E-state index contributed by atoms with van der Waals surface area (Å²) in [4.78, 5) is 0. The summed E-state index contributed by atoms with van der Waals surface area (Å²) < 4.78 is 6.05. The third-order valence-corrected chi connectivity index (χ3v) is 4.44. The number of ether oxygens (including phenoxy) is 1. The fourth-order valence-corrected chi connectivity index (χ4v) is 2.87. The molecule has 19 heavy (non-hydrogen) atoms. The van der Waals surface area contributed by atoms with Gasteiger partial charge in [-0.3, -0.25) is 0 Å². The number of nitrogens with two attached hydrogens (primary N) is 1. The maximum atomic E-state index is 8.73. The van der Waals surface area contributed by atoms with Crippen LogP contribution in [-0.2, 0) is 4.74 Å². The number of hydrogen-bond donors (Lipinski definition) is 2. The van der Waals surface area contributed by atoms with Crippen molar-refractivity contribution in [3.8, 4) is 0 Å². The molecule has 0 saturated heterocycles. The monoisotopic (exact) mass is 270 g/mol. The van der Waals surface area contributed by atoms with Crippen molar-refractivity contribution in [2.75, 3.05) is 6.61 Å². The molecule has 0 aromatic carbocycles. The van der Waals surface area contributed by atoms with Crippen LogP contribution in [0.4, 0.5) is 0 Å². The van der Waals surface area contributed by atoms with Gasteiger partial charge in [0.15, 0.2) is 0 Å². The van der Waals surface area contributed by atoms with Gasteiger partial charge in [0.2, 0.25) is 0 Å². The van der Waals surface area contributed by atoms with Crippen molar-refractivity contribution in [1.29, 1.82) is 0 Å². The Kier molecular flexibility index (Phi) is 6.63. The summed E-state index contributed by atoms with van der Waals surface area (Å²) in [6.07, 6.45) is 8.69. The first-order valence-electron chi connectivity index (χ1n) is 7.61. The van der Waals surface area contributed by atoms with E-state index in [2.05, 4.69) is 12.1 Å². The summed E-state index contributed by atoms with van der Waals surface area (Å²) in [7, 11) is 0. The zero-order valence-electron chi connectivity index (χ0n) is 12.7. The molecule has 2 unspecified atom stereocenters. The Morgan fingerprint density at radius 1 is 1.37 bits per heavy atom. The molecule has 0 bridgehead atoms. The molecule has 3 N–H and O–H groups in total. The van der Waals surface area contributed by atoms with Crippen LogP contribution in [0.2, 0.25) is 0 Å². The van der Waals surface area contributed by atoms with Gasteiger partial charge >= 0.3 is 0 Å². The molecule has 2 atom stereocenters. The molecule has 1 aliphatic rings. The molecule has 0 heterocycles. The second kappa shape index (κ2) is 7.73. The van der Waals surface area contributed by atoms with E-state index < -0.39 is 0 Å². The fraction of sp³-hybridized carbons (Fsp3) is 0.933. The molecular weight excluding hydrogens is 240 g/mol. The number of amidine groups is 1. The Morgan fingerprint density at radius 3 is 2.68 bits per heavy atom. The lowest BCUT2D eigenvalue weighted by Crippen LogP contribution is -2.32. The molecule has 112 valence electrons. The zero-order valence-corrected chi connectivity index (χ0v) is 12.7. The first-order chi connectivity index (χ1) is 9.01. The molecule has 0 radical (unpaired) electrons. The van der Waals surface area contributed by atoms with E-state index in [0.29, 0.717) is 11.9 Å². The van der Waals surface area contributed by atoms with E-state index in [9.17, 15) is 0 Å². The highest BCUT2D eigenvalue weighted by Crippen LogP contribution is 2.29. The van der Waals surface area contributed by atoms with Crippen LogP contribution < -0.4 is 5.73 Å². The Balaban J connectivity index is 2.26. The molecule has 0 aromatic heterocycles. The van der Waals surface area contributed by atoms with Crippen molar-refractivity contribution in [3.63, 3.8) is 0 Å². The highest BCUT2D eigenvalue weighted by atomic mass is 16.5. The average Bonchev–Trinajstić information content (AvgIpc) is 2.43. The molecule has 1 fully saturated rings. The summed E-state index contributed by atoms with van der Waals surface area (Å²) in [5.74, 6) is 1.04. The molecule has 0 amide bonds. The lowest BCUT2D eigenvalue weighted by Gasteiger charge is -2.31. The Hall–Kier alpha value is -0.770. The first-order valence-corrected chi connectivity index (χ1v) is 7.61. The van der Waals surface area contributed by atoms with E-state index in [1.807, 2.05) is 13.8 Å². The van der Waals surface area contributed by atoms with E-state index in [1.54, 1.807) is 0 Å². The number of rotatable bonds is 7. The zero-order chi connectivity index (χ0) is 14.3. The minimum Gasteiger partial charge on any atom is -0.409 e. The summed E-state index contributed by atoms with van der Waals surface area (Å²) in [5, 5.41) is 11.8. The van der Waals surface area contributed by atoms with Crippen LogP contribution in [-0.4, -0.2) is 23.8 Å². The summed E-state index contributed by atoms with van der Waals surface area (Å²) in [6, 6.07) is 0. The van der Waals surface area contributed by atoms with Crippen molar-refractivity contribution in [2.24, 2.45) is 22.2 Å². The van der Waals surface area contributed by atoms with Crippen LogP contribution in [0.25, 0.3) is 0 Å². The quantitative estimate of drug-likeness (QED) is 0.244. The minimum atomic E-state index is -0.255. The molecule has 0 aromatic rings. The molecule has 4 heteroatoms. The normalized spacial score (nSPS) is 25.5. The molecule has 0 spiro atoms. The predicted molar refractivity (Wildman–Crippen MR) is 78.4 cm³/mol. The standard InChI is InChI=1S/C15H30N2O2/c1-4-12-8-5-6-9-13(12)19-11-7-10-15(2,3)14(16)17-18/h12-13,18H,4-11H2,1-3H3,(H2,16,17). The fourth-order valence-electron chi connectivity index (χ4n) is 2.87. The van der Waals surface area contributed by atoms with Gasteiger partial charge in [-0.05, 0) is 31.6 Å². The summed E-state index contributed by atoms with van der Waals surface area (Å²) in [6.45, 7) is 7.03. The highest BCUT2D eigenvalue weighted by molar-refractivity contribution is 5.85. The molecule has 0 aliphatic heterocycles. The van der Waals surface area contributed by atoms with Crippen molar-refractivity contribution in [2.45, 2.75) is 71.8 Å². The van der Waals surface area contributed by atoms with E-state index in [1.165, 1.54) is 32.1 Å². The second-order valence-corrected chi connectivity index (χ2v) is 6.33. The van der Waals surface area contributed by atoms with Gasteiger partial charge in [0.25, 0.3) is 0 Å². The Morgan fingerprint density at radius 2 is 2.05 bits per heavy atom. The van der Waals surface area contributed by atoms with E-state index >= 15 is 0 Å². The lowest BCUT2D eigenvalue weighted by atomic mass is 9.84. The number of nitrogens with zero attached hydrogens (tertiary/aromatic N) is 1. The molecule has 1 rings (SSSR count). The van der Waals surface area contributed by atoms with Crippen LogP contribution in [0, 0.1) is 11.3 Å². The van der Waals surface area contributed by atoms with Gasteiger partial charge in [0.1, 0.15) is 5.84 Å². The van der Waals surface area contributed by atoms with Gasteiger partial charge < -0.3 is 15.7 Å². The van der Waals surface area contributed by atoms with E-state index in [-0.39, 0.29) is 5.41 Å². The van der Waals surface area contributed by atoms with Crippen molar-refractivity contribution in [1.82, 2.24) is 0 Å². The van der Waals surface area contributed by atoms with Crippen LogP contribution >= 0.6 is 0 Å². The Bertz CT molecular complexity index is 290. The third-order valence-electron chi connectivity index (χ3n) is 4.44. The lowest BCUT2D eigenvalue weighted by molar-refractivity contribution is -0.0148.